The molecule has 4 rings (SSSR count). The molecule has 1 aliphatic carbocycles. The van der Waals surface area contributed by atoms with E-state index in [1.54, 1.807) is 4.90 Å². The van der Waals surface area contributed by atoms with Gasteiger partial charge in [0.15, 0.2) is 11.6 Å². The second-order valence-electron chi connectivity index (χ2n) is 8.86. The molecule has 1 aliphatic heterocycles. The molecule has 0 amide bonds. The van der Waals surface area contributed by atoms with Gasteiger partial charge in [-0.3, -0.25) is 0 Å². The molecule has 180 valence electrons. The second kappa shape index (κ2) is 10.1. The number of sulfonamides is 1. The Morgan fingerprint density at radius 2 is 1.91 bits per heavy atom. The molecule has 2 N–H and O–H groups in total. The number of nitrogens with zero attached hydrogens (tertiary/aromatic N) is 2. The Morgan fingerprint density at radius 1 is 1.21 bits per heavy atom. The molecule has 0 bridgehead atoms. The van der Waals surface area contributed by atoms with Crippen LogP contribution in [0.1, 0.15) is 43.6 Å². The Bertz CT molecular complexity index is 1060. The van der Waals surface area contributed by atoms with Crippen LogP contribution in [0.2, 0.25) is 5.02 Å². The number of rotatable bonds is 7. The largest absolute Gasteiger partial charge is 0.504 e. The lowest BCUT2D eigenvalue weighted by molar-refractivity contribution is 0.0155. The monoisotopic (exact) mass is 497 g/mol. The average Bonchev–Trinajstić information content (AvgIpc) is 3.17. The van der Waals surface area contributed by atoms with E-state index in [1.807, 2.05) is 6.07 Å². The summed E-state index contributed by atoms with van der Waals surface area (Å²) >= 11 is 5.78. The summed E-state index contributed by atoms with van der Waals surface area (Å²) < 4.78 is 47.4. The molecule has 7 nitrogen and oxygen atoms in total. The topological polar surface area (TPSA) is 91.8 Å². The minimum Gasteiger partial charge on any atom is -0.504 e. The summed E-state index contributed by atoms with van der Waals surface area (Å²) in [6, 6.07) is 9.53. The van der Waals surface area contributed by atoms with E-state index in [0.717, 1.165) is 31.9 Å². The summed E-state index contributed by atoms with van der Waals surface area (Å²) in [5.41, 5.74) is 1.35. The van der Waals surface area contributed by atoms with E-state index in [2.05, 4.69) is 34.0 Å². The highest BCUT2D eigenvalue weighted by atomic mass is 35.5. The summed E-state index contributed by atoms with van der Waals surface area (Å²) in [6.07, 6.45) is 6.68. The van der Waals surface area contributed by atoms with E-state index < -0.39 is 33.7 Å². The lowest BCUT2D eigenvalue weighted by atomic mass is 9.83. The van der Waals surface area contributed by atoms with Gasteiger partial charge in [-0.2, -0.15) is 4.39 Å². The zero-order chi connectivity index (χ0) is 23.6. The Kier molecular flexibility index (Phi) is 7.43. The van der Waals surface area contributed by atoms with Gasteiger partial charge in [0.1, 0.15) is 5.02 Å². The molecule has 33 heavy (non-hydrogen) atoms. The average molecular weight is 498 g/mol. The van der Waals surface area contributed by atoms with E-state index in [4.69, 9.17) is 16.3 Å². The van der Waals surface area contributed by atoms with Crippen LogP contribution >= 0.6 is 11.6 Å². The SMILES string of the molecule is CS(=O)(=O)N[C@H]1CCN(c2ncc(Cl)c(O)c2F)[C@H]1COC1CCC(c2ccccc2)CC1. The number of hydrogen-bond acceptors (Lipinski definition) is 6. The van der Waals surface area contributed by atoms with Crippen LogP contribution in [0, 0.1) is 5.82 Å². The summed E-state index contributed by atoms with van der Waals surface area (Å²) in [6.45, 7) is 0.589. The zero-order valence-electron chi connectivity index (χ0n) is 18.5. The highest BCUT2D eigenvalue weighted by Crippen LogP contribution is 2.36. The van der Waals surface area contributed by atoms with Gasteiger partial charge in [-0.1, -0.05) is 41.9 Å². The molecule has 2 aliphatic rings. The Morgan fingerprint density at radius 3 is 2.58 bits per heavy atom. The van der Waals surface area contributed by atoms with Crippen LogP contribution in [0.3, 0.4) is 0 Å². The Hall–Kier alpha value is -1.94. The first kappa shape index (κ1) is 24.2. The predicted octanol–water partition coefficient (Wildman–Crippen LogP) is 3.82. The van der Waals surface area contributed by atoms with Gasteiger partial charge in [0.25, 0.3) is 0 Å². The van der Waals surface area contributed by atoms with Crippen molar-refractivity contribution in [1.82, 2.24) is 9.71 Å². The molecule has 1 saturated carbocycles. The van der Waals surface area contributed by atoms with E-state index in [-0.39, 0.29) is 23.6 Å². The fraction of sp³-hybridized carbons (Fsp3) is 0.522. The minimum absolute atomic E-state index is 0.0581. The van der Waals surface area contributed by atoms with Gasteiger partial charge in [0, 0.05) is 12.6 Å². The van der Waals surface area contributed by atoms with E-state index >= 15 is 0 Å². The maximum absolute atomic E-state index is 14.7. The molecule has 1 aromatic carbocycles. The quantitative estimate of drug-likeness (QED) is 0.604. The predicted molar refractivity (Wildman–Crippen MR) is 126 cm³/mol. The van der Waals surface area contributed by atoms with Gasteiger partial charge < -0.3 is 14.7 Å². The number of benzene rings is 1. The van der Waals surface area contributed by atoms with Gasteiger partial charge in [-0.15, -0.1) is 0 Å². The number of aromatic nitrogens is 1. The summed E-state index contributed by atoms with van der Waals surface area (Å²) in [5, 5.41) is 9.75. The van der Waals surface area contributed by atoms with Crippen LogP contribution in [0.25, 0.3) is 0 Å². The lowest BCUT2D eigenvalue weighted by Crippen LogP contribution is -2.48. The summed E-state index contributed by atoms with van der Waals surface area (Å²) in [7, 11) is -3.47. The molecule has 2 fully saturated rings. The maximum Gasteiger partial charge on any atom is 0.209 e. The number of ether oxygens (including phenoxy) is 1. The summed E-state index contributed by atoms with van der Waals surface area (Å²) in [5.74, 6) is -1.13. The van der Waals surface area contributed by atoms with E-state index in [1.165, 1.54) is 11.8 Å². The van der Waals surface area contributed by atoms with E-state index in [0.29, 0.717) is 18.9 Å². The first-order chi connectivity index (χ1) is 15.7. The van der Waals surface area contributed by atoms with Crippen LogP contribution in [-0.2, 0) is 14.8 Å². The third-order valence-electron chi connectivity index (χ3n) is 6.56. The van der Waals surface area contributed by atoms with Crippen LogP contribution < -0.4 is 9.62 Å². The molecule has 0 spiro atoms. The zero-order valence-corrected chi connectivity index (χ0v) is 20.0. The smallest absolute Gasteiger partial charge is 0.209 e. The molecule has 2 atom stereocenters. The molecular formula is C23H29ClFN3O4S. The fourth-order valence-corrected chi connectivity index (χ4v) is 5.86. The normalized spacial score (nSPS) is 26.0. The number of halogens is 2. The van der Waals surface area contributed by atoms with Crippen molar-refractivity contribution < 1.29 is 22.7 Å². The first-order valence-corrected chi connectivity index (χ1v) is 13.4. The molecule has 10 heteroatoms. The maximum atomic E-state index is 14.7. The van der Waals surface area contributed by atoms with Crippen molar-refractivity contribution in [3.05, 3.63) is 52.9 Å². The molecule has 0 unspecified atom stereocenters. The van der Waals surface area contributed by atoms with Gasteiger partial charge in [-0.25, -0.2) is 18.1 Å². The van der Waals surface area contributed by atoms with Gasteiger partial charge in [0.2, 0.25) is 15.8 Å². The third kappa shape index (κ3) is 5.77. The number of nitrogens with one attached hydrogen (secondary N) is 1. The molecule has 2 heterocycles. The standard InChI is InChI=1S/C23H29ClFN3O4S/c1-33(30,31)27-19-11-12-28(23-21(25)22(29)18(24)13-26-23)20(19)14-32-17-9-7-16(8-10-17)15-5-3-2-4-6-15/h2-6,13,16-17,19-20,27H,7-12,14H2,1H3,(H,26,29)/t16?,17?,19-,20-/m0/s1. The number of hydrogen-bond donors (Lipinski definition) is 2. The highest BCUT2D eigenvalue weighted by molar-refractivity contribution is 7.88. The van der Waals surface area contributed by atoms with Gasteiger partial charge >= 0.3 is 0 Å². The van der Waals surface area contributed by atoms with Gasteiger partial charge in [-0.05, 0) is 43.6 Å². The van der Waals surface area contributed by atoms with Crippen molar-refractivity contribution >= 4 is 27.4 Å². The molecule has 1 saturated heterocycles. The summed E-state index contributed by atoms with van der Waals surface area (Å²) in [4.78, 5) is 5.72. The van der Waals surface area contributed by atoms with Crippen molar-refractivity contribution in [2.45, 2.75) is 56.2 Å². The van der Waals surface area contributed by atoms with Crippen molar-refractivity contribution in [2.24, 2.45) is 0 Å². The van der Waals surface area contributed by atoms with E-state index in [9.17, 15) is 17.9 Å². The van der Waals surface area contributed by atoms with Crippen molar-refractivity contribution in [3.8, 4) is 5.75 Å². The lowest BCUT2D eigenvalue weighted by Gasteiger charge is -2.33. The van der Waals surface area contributed by atoms with Crippen molar-refractivity contribution in [2.75, 3.05) is 24.3 Å². The number of anilines is 1. The van der Waals surface area contributed by atoms with Crippen LogP contribution in [-0.4, -0.2) is 56.1 Å². The third-order valence-corrected chi connectivity index (χ3v) is 7.57. The Labute approximate surface area is 199 Å². The van der Waals surface area contributed by atoms with Crippen LogP contribution in [0.4, 0.5) is 10.2 Å². The molecular weight excluding hydrogens is 469 g/mol. The van der Waals surface area contributed by atoms with Crippen LogP contribution in [0.5, 0.6) is 5.75 Å². The molecule has 1 aromatic heterocycles. The van der Waals surface area contributed by atoms with Gasteiger partial charge in [0.05, 0.1) is 31.2 Å². The molecule has 0 radical (unpaired) electrons. The number of pyridine rings is 1. The van der Waals surface area contributed by atoms with Crippen LogP contribution in [0.15, 0.2) is 36.5 Å². The molecule has 2 aromatic rings. The fourth-order valence-electron chi connectivity index (χ4n) is 4.90. The minimum atomic E-state index is -3.47. The second-order valence-corrected chi connectivity index (χ2v) is 11.0. The van der Waals surface area contributed by atoms with Crippen molar-refractivity contribution in [1.29, 1.82) is 0 Å². The Balaban J connectivity index is 1.44. The highest BCUT2D eigenvalue weighted by Gasteiger charge is 2.39. The first-order valence-electron chi connectivity index (χ1n) is 11.2. The number of aromatic hydroxyl groups is 1. The van der Waals surface area contributed by atoms with Crippen molar-refractivity contribution in [3.63, 3.8) is 0 Å².